The number of hydrogen-bond donors (Lipinski definition) is 0. The summed E-state index contributed by atoms with van der Waals surface area (Å²) in [5, 5.41) is 0. The van der Waals surface area contributed by atoms with E-state index in [0.29, 0.717) is 5.56 Å². The molecule has 0 aromatic carbocycles. The zero-order valence-corrected chi connectivity index (χ0v) is 16.1. The Bertz CT molecular complexity index is 756. The first kappa shape index (κ1) is 18.4. The van der Waals surface area contributed by atoms with Crippen LogP contribution in [-0.4, -0.2) is 70.5 Å². The Labute approximate surface area is 155 Å². The van der Waals surface area contributed by atoms with Crippen molar-refractivity contribution >= 4 is 11.7 Å². The van der Waals surface area contributed by atoms with Crippen LogP contribution in [-0.2, 0) is 13.6 Å². The second kappa shape index (κ2) is 7.86. The summed E-state index contributed by atoms with van der Waals surface area (Å²) in [6, 6.07) is 3.92. The van der Waals surface area contributed by atoms with E-state index < -0.39 is 0 Å². The van der Waals surface area contributed by atoms with E-state index in [9.17, 15) is 4.79 Å². The number of carbonyl (C=O) groups excluding carboxylic acids is 1. The topological polar surface area (TPSA) is 57.5 Å². The van der Waals surface area contributed by atoms with Crippen LogP contribution < -0.4 is 4.90 Å². The van der Waals surface area contributed by atoms with Crippen LogP contribution in [0.15, 0.2) is 30.7 Å². The number of pyridine rings is 1. The summed E-state index contributed by atoms with van der Waals surface area (Å²) >= 11 is 0. The van der Waals surface area contributed by atoms with Gasteiger partial charge in [-0.2, -0.15) is 0 Å². The highest BCUT2D eigenvalue weighted by Gasteiger charge is 2.30. The van der Waals surface area contributed by atoms with Crippen molar-refractivity contribution in [3.63, 3.8) is 0 Å². The molecule has 1 atom stereocenters. The van der Waals surface area contributed by atoms with Crippen molar-refractivity contribution in [2.24, 2.45) is 7.05 Å². The number of likely N-dealkylation sites (N-methyl/N-ethyl adjacent to an activating group) is 1. The predicted molar refractivity (Wildman–Crippen MR) is 102 cm³/mol. The average molecular weight is 356 g/mol. The lowest BCUT2D eigenvalue weighted by atomic mass is 10.1. The van der Waals surface area contributed by atoms with Crippen LogP contribution in [0.5, 0.6) is 0 Å². The number of nitrogens with zero attached hydrogens (tertiary/aromatic N) is 6. The molecule has 3 heterocycles. The van der Waals surface area contributed by atoms with Crippen molar-refractivity contribution in [3.05, 3.63) is 42.1 Å². The highest BCUT2D eigenvalue weighted by Crippen LogP contribution is 2.22. The molecule has 0 aliphatic carbocycles. The van der Waals surface area contributed by atoms with E-state index in [2.05, 4.69) is 21.9 Å². The molecule has 1 fully saturated rings. The van der Waals surface area contributed by atoms with Gasteiger partial charge >= 0.3 is 0 Å². The van der Waals surface area contributed by atoms with Crippen molar-refractivity contribution < 1.29 is 4.79 Å². The van der Waals surface area contributed by atoms with E-state index in [-0.39, 0.29) is 11.9 Å². The summed E-state index contributed by atoms with van der Waals surface area (Å²) in [5.41, 5.74) is 0.711. The van der Waals surface area contributed by atoms with Crippen molar-refractivity contribution in [1.29, 1.82) is 0 Å². The fourth-order valence-corrected chi connectivity index (χ4v) is 3.47. The molecule has 1 saturated heterocycles. The van der Waals surface area contributed by atoms with Crippen LogP contribution in [0.4, 0.5) is 5.82 Å². The van der Waals surface area contributed by atoms with Crippen molar-refractivity contribution in [3.8, 4) is 0 Å². The van der Waals surface area contributed by atoms with Gasteiger partial charge in [0.1, 0.15) is 11.6 Å². The Balaban J connectivity index is 1.66. The number of aryl methyl sites for hydroxylation is 1. The van der Waals surface area contributed by atoms with Gasteiger partial charge in [-0.05, 0) is 32.0 Å². The molecule has 3 rings (SSSR count). The van der Waals surface area contributed by atoms with Crippen LogP contribution in [0.1, 0.15) is 29.0 Å². The second-order valence-corrected chi connectivity index (χ2v) is 7.24. The third kappa shape index (κ3) is 4.04. The summed E-state index contributed by atoms with van der Waals surface area (Å²) in [5.74, 6) is 1.94. The Morgan fingerprint density at radius 1 is 1.27 bits per heavy atom. The predicted octanol–water partition coefficient (Wildman–Crippen LogP) is 1.62. The molecule has 1 aliphatic rings. The van der Waals surface area contributed by atoms with Gasteiger partial charge in [0, 0.05) is 64.4 Å². The fourth-order valence-electron chi connectivity index (χ4n) is 3.47. The lowest BCUT2D eigenvalue weighted by Crippen LogP contribution is -2.42. The zero-order valence-electron chi connectivity index (χ0n) is 16.1. The highest BCUT2D eigenvalue weighted by molar-refractivity contribution is 5.95. The SMILES string of the molecule is CN(Cc1nccn1C)CC1CCCN1C(=O)c1ccnc(N(C)C)c1. The molecule has 0 bridgehead atoms. The quantitative estimate of drug-likeness (QED) is 0.787. The molecule has 0 spiro atoms. The van der Waals surface area contributed by atoms with Gasteiger partial charge in [0.25, 0.3) is 5.91 Å². The van der Waals surface area contributed by atoms with Gasteiger partial charge in [-0.15, -0.1) is 0 Å². The van der Waals surface area contributed by atoms with Crippen LogP contribution >= 0.6 is 0 Å². The van der Waals surface area contributed by atoms with Gasteiger partial charge in [0.05, 0.1) is 6.54 Å². The monoisotopic (exact) mass is 356 g/mol. The fraction of sp³-hybridized carbons (Fsp3) is 0.526. The number of aromatic nitrogens is 3. The first-order valence-electron chi connectivity index (χ1n) is 9.05. The molecule has 140 valence electrons. The van der Waals surface area contributed by atoms with Gasteiger partial charge in [-0.1, -0.05) is 0 Å². The molecule has 0 radical (unpaired) electrons. The smallest absolute Gasteiger partial charge is 0.254 e. The summed E-state index contributed by atoms with van der Waals surface area (Å²) in [4.78, 5) is 27.9. The molecule has 7 nitrogen and oxygen atoms in total. The van der Waals surface area contributed by atoms with Crippen molar-refractivity contribution in [2.75, 3.05) is 39.1 Å². The largest absolute Gasteiger partial charge is 0.363 e. The van der Waals surface area contributed by atoms with Crippen LogP contribution in [0, 0.1) is 0 Å². The Hall–Kier alpha value is -2.41. The standard InChI is InChI=1S/C19H28N6O/c1-22(2)17-12-15(7-8-20-17)19(26)25-10-5-6-16(25)13-23(3)14-18-21-9-11-24(18)4/h7-9,11-12,16H,5-6,10,13-14H2,1-4H3. The van der Waals surface area contributed by atoms with Crippen LogP contribution in [0.2, 0.25) is 0 Å². The molecule has 0 saturated carbocycles. The normalized spacial score (nSPS) is 17.1. The molecule has 0 N–H and O–H groups in total. The third-order valence-electron chi connectivity index (χ3n) is 4.94. The van der Waals surface area contributed by atoms with Gasteiger partial charge < -0.3 is 14.4 Å². The Morgan fingerprint density at radius 2 is 2.08 bits per heavy atom. The van der Waals surface area contributed by atoms with E-state index in [1.807, 2.05) is 60.0 Å². The first-order valence-corrected chi connectivity index (χ1v) is 9.05. The van der Waals surface area contributed by atoms with Crippen LogP contribution in [0.3, 0.4) is 0 Å². The minimum atomic E-state index is 0.100. The summed E-state index contributed by atoms with van der Waals surface area (Å²) in [6.07, 6.45) is 7.59. The number of carbonyl (C=O) groups is 1. The molecule has 26 heavy (non-hydrogen) atoms. The first-order chi connectivity index (χ1) is 12.5. The maximum atomic E-state index is 13.0. The Morgan fingerprint density at radius 3 is 2.77 bits per heavy atom. The molecule has 2 aromatic rings. The molecule has 1 amide bonds. The molecule has 1 unspecified atom stereocenters. The van der Waals surface area contributed by atoms with E-state index in [1.54, 1.807) is 6.20 Å². The molecular formula is C19H28N6O. The van der Waals surface area contributed by atoms with E-state index in [4.69, 9.17) is 0 Å². The highest BCUT2D eigenvalue weighted by atomic mass is 16.2. The van der Waals surface area contributed by atoms with Gasteiger partial charge in [-0.3, -0.25) is 9.69 Å². The second-order valence-electron chi connectivity index (χ2n) is 7.24. The van der Waals surface area contributed by atoms with E-state index in [1.165, 1.54) is 0 Å². The Kier molecular flexibility index (Phi) is 5.56. The van der Waals surface area contributed by atoms with Gasteiger partial charge in [0.15, 0.2) is 0 Å². The molecule has 1 aliphatic heterocycles. The number of likely N-dealkylation sites (tertiary alicyclic amines) is 1. The number of anilines is 1. The van der Waals surface area contributed by atoms with Gasteiger partial charge in [-0.25, -0.2) is 9.97 Å². The van der Waals surface area contributed by atoms with Crippen molar-refractivity contribution in [1.82, 2.24) is 24.3 Å². The maximum Gasteiger partial charge on any atom is 0.254 e. The third-order valence-corrected chi connectivity index (χ3v) is 4.94. The summed E-state index contributed by atoms with van der Waals surface area (Å²) in [6.45, 7) is 2.45. The summed E-state index contributed by atoms with van der Waals surface area (Å²) < 4.78 is 2.04. The van der Waals surface area contributed by atoms with E-state index >= 15 is 0 Å². The molecule has 7 heteroatoms. The molecule has 2 aromatic heterocycles. The average Bonchev–Trinajstić information content (AvgIpc) is 3.23. The minimum Gasteiger partial charge on any atom is -0.363 e. The van der Waals surface area contributed by atoms with Crippen LogP contribution in [0.25, 0.3) is 0 Å². The molecular weight excluding hydrogens is 328 g/mol. The van der Waals surface area contributed by atoms with Gasteiger partial charge in [0.2, 0.25) is 0 Å². The summed E-state index contributed by atoms with van der Waals surface area (Å²) in [7, 11) is 7.96. The zero-order chi connectivity index (χ0) is 18.7. The number of imidazole rings is 1. The van der Waals surface area contributed by atoms with Crippen molar-refractivity contribution in [2.45, 2.75) is 25.4 Å². The lowest BCUT2D eigenvalue weighted by Gasteiger charge is -2.29. The van der Waals surface area contributed by atoms with E-state index in [0.717, 1.165) is 44.1 Å². The number of amides is 1. The number of rotatable bonds is 6. The lowest BCUT2D eigenvalue weighted by molar-refractivity contribution is 0.0706. The number of hydrogen-bond acceptors (Lipinski definition) is 5. The minimum absolute atomic E-state index is 0.100. The maximum absolute atomic E-state index is 13.0.